The number of ether oxygens (including phenoxy) is 1. The second kappa shape index (κ2) is 10.9. The van der Waals surface area contributed by atoms with Gasteiger partial charge in [-0.15, -0.1) is 24.0 Å². The number of nitrogens with one attached hydrogen (secondary N) is 2. The quantitative estimate of drug-likeness (QED) is 0.272. The van der Waals surface area contributed by atoms with Gasteiger partial charge in [-0.3, -0.25) is 4.99 Å². The lowest BCUT2D eigenvalue weighted by Crippen LogP contribution is -2.41. The van der Waals surface area contributed by atoms with E-state index in [1.807, 2.05) is 37.4 Å². The fraction of sp³-hybridized carbons (Fsp3) is 0.632. The summed E-state index contributed by atoms with van der Waals surface area (Å²) >= 11 is 0. The Hall–Kier alpha value is -1.02. The van der Waals surface area contributed by atoms with Gasteiger partial charge in [-0.1, -0.05) is 18.2 Å². The molecule has 0 bridgehead atoms. The van der Waals surface area contributed by atoms with Crippen molar-refractivity contribution in [2.75, 3.05) is 39.8 Å². The van der Waals surface area contributed by atoms with E-state index in [9.17, 15) is 0 Å². The van der Waals surface area contributed by atoms with E-state index in [1.54, 1.807) is 0 Å². The summed E-state index contributed by atoms with van der Waals surface area (Å²) < 4.78 is 5.70. The summed E-state index contributed by atoms with van der Waals surface area (Å²) in [4.78, 5) is 6.97. The van der Waals surface area contributed by atoms with E-state index in [0.29, 0.717) is 6.61 Å². The smallest absolute Gasteiger partial charge is 0.190 e. The third-order valence-corrected chi connectivity index (χ3v) is 4.79. The van der Waals surface area contributed by atoms with Gasteiger partial charge in [0, 0.05) is 32.7 Å². The molecule has 0 radical (unpaired) electrons. The van der Waals surface area contributed by atoms with Crippen molar-refractivity contribution in [2.24, 2.45) is 10.9 Å². The molecular weight excluding hydrogens is 427 g/mol. The maximum atomic E-state index is 5.70. The molecule has 1 aromatic carbocycles. The highest BCUT2D eigenvalue weighted by molar-refractivity contribution is 14.0. The van der Waals surface area contributed by atoms with Gasteiger partial charge in [-0.05, 0) is 50.3 Å². The topological polar surface area (TPSA) is 48.9 Å². The van der Waals surface area contributed by atoms with E-state index in [0.717, 1.165) is 43.2 Å². The highest BCUT2D eigenvalue weighted by Crippen LogP contribution is 2.31. The third-order valence-electron chi connectivity index (χ3n) is 4.79. The second-order valence-corrected chi connectivity index (χ2v) is 6.78. The van der Waals surface area contributed by atoms with E-state index in [2.05, 4.69) is 20.5 Å². The molecule has 1 aliphatic carbocycles. The van der Waals surface area contributed by atoms with E-state index in [4.69, 9.17) is 4.74 Å². The molecule has 1 heterocycles. The first-order valence-electron chi connectivity index (χ1n) is 9.21. The molecule has 0 spiro atoms. The van der Waals surface area contributed by atoms with Crippen molar-refractivity contribution in [3.63, 3.8) is 0 Å². The first kappa shape index (κ1) is 20.3. The van der Waals surface area contributed by atoms with Crippen LogP contribution < -0.4 is 15.4 Å². The number of aliphatic imine (C=N–C) groups is 1. The fourth-order valence-electron chi connectivity index (χ4n) is 3.25. The number of hydrogen-bond acceptors (Lipinski definition) is 3. The summed E-state index contributed by atoms with van der Waals surface area (Å²) in [6, 6.07) is 10.9. The van der Waals surface area contributed by atoms with E-state index in [1.165, 1.54) is 32.4 Å². The van der Waals surface area contributed by atoms with Gasteiger partial charge < -0.3 is 20.3 Å². The first-order valence-corrected chi connectivity index (χ1v) is 9.21. The Morgan fingerprint density at radius 2 is 2.00 bits per heavy atom. The summed E-state index contributed by atoms with van der Waals surface area (Å²) in [7, 11) is 1.83. The molecule has 1 aliphatic heterocycles. The van der Waals surface area contributed by atoms with E-state index in [-0.39, 0.29) is 24.0 Å². The lowest BCUT2D eigenvalue weighted by atomic mass is 10.1. The minimum Gasteiger partial charge on any atom is -0.494 e. The van der Waals surface area contributed by atoms with E-state index < -0.39 is 0 Å². The Bertz CT molecular complexity index is 521. The normalized spacial score (nSPS) is 20.8. The van der Waals surface area contributed by atoms with Gasteiger partial charge >= 0.3 is 0 Å². The summed E-state index contributed by atoms with van der Waals surface area (Å²) in [6.07, 6.45) is 5.09. The van der Waals surface area contributed by atoms with Crippen LogP contribution in [-0.4, -0.2) is 56.7 Å². The van der Waals surface area contributed by atoms with Crippen molar-refractivity contribution >= 4 is 29.9 Å². The van der Waals surface area contributed by atoms with Gasteiger partial charge in [0.15, 0.2) is 5.96 Å². The van der Waals surface area contributed by atoms with Crippen LogP contribution in [-0.2, 0) is 0 Å². The average molecular weight is 458 g/mol. The molecule has 6 heteroatoms. The molecule has 1 unspecified atom stereocenters. The molecule has 140 valence electrons. The fourth-order valence-corrected chi connectivity index (χ4v) is 3.25. The summed E-state index contributed by atoms with van der Waals surface area (Å²) in [5.41, 5.74) is 0. The molecule has 1 saturated carbocycles. The summed E-state index contributed by atoms with van der Waals surface area (Å²) in [6.45, 7) is 5.13. The van der Waals surface area contributed by atoms with Gasteiger partial charge in [0.2, 0.25) is 0 Å². The van der Waals surface area contributed by atoms with Crippen LogP contribution in [0, 0.1) is 5.92 Å². The number of rotatable bonds is 8. The molecule has 1 atom stereocenters. The number of benzene rings is 1. The molecular formula is C19H31IN4O. The van der Waals surface area contributed by atoms with Crippen LogP contribution in [0.1, 0.15) is 25.7 Å². The molecule has 5 nitrogen and oxygen atoms in total. The Morgan fingerprint density at radius 3 is 2.72 bits per heavy atom. The Kier molecular flexibility index (Phi) is 8.81. The highest BCUT2D eigenvalue weighted by Gasteiger charge is 2.34. The van der Waals surface area contributed by atoms with Crippen molar-refractivity contribution in [3.05, 3.63) is 30.3 Å². The molecule has 2 fully saturated rings. The van der Waals surface area contributed by atoms with Crippen molar-refractivity contribution < 1.29 is 4.74 Å². The molecule has 0 aromatic heterocycles. The number of halogens is 1. The Balaban J connectivity index is 0.00000225. The van der Waals surface area contributed by atoms with Gasteiger partial charge in [0.1, 0.15) is 5.75 Å². The third kappa shape index (κ3) is 7.01. The minimum absolute atomic E-state index is 0. The molecule has 1 aromatic rings. The molecule has 2 aliphatic rings. The van der Waals surface area contributed by atoms with Gasteiger partial charge in [0.05, 0.1) is 6.61 Å². The van der Waals surface area contributed by atoms with Crippen LogP contribution >= 0.6 is 24.0 Å². The van der Waals surface area contributed by atoms with Crippen LogP contribution in [0.15, 0.2) is 35.3 Å². The molecule has 0 amide bonds. The standard InChI is InChI=1S/C19H30N4O.HI/c1-20-19(21-11-5-13-24-18-6-3-2-4-7-18)22-14-16-10-12-23(15-16)17-8-9-17;/h2-4,6-7,16-17H,5,8-15H2,1H3,(H2,20,21,22);1H. The highest BCUT2D eigenvalue weighted by atomic mass is 127. The molecule has 2 N–H and O–H groups in total. The van der Waals surface area contributed by atoms with Crippen molar-refractivity contribution in [3.8, 4) is 5.75 Å². The zero-order valence-corrected chi connectivity index (χ0v) is 17.4. The van der Waals surface area contributed by atoms with Gasteiger partial charge in [-0.25, -0.2) is 0 Å². The number of likely N-dealkylation sites (tertiary alicyclic amines) is 1. The van der Waals surface area contributed by atoms with Crippen LogP contribution in [0.5, 0.6) is 5.75 Å². The molecule has 1 saturated heterocycles. The lowest BCUT2D eigenvalue weighted by molar-refractivity contribution is 0.310. The Labute approximate surface area is 168 Å². The number of hydrogen-bond donors (Lipinski definition) is 2. The van der Waals surface area contributed by atoms with Crippen LogP contribution in [0.25, 0.3) is 0 Å². The zero-order chi connectivity index (χ0) is 16.6. The second-order valence-electron chi connectivity index (χ2n) is 6.78. The van der Waals surface area contributed by atoms with Gasteiger partial charge in [0.25, 0.3) is 0 Å². The number of guanidine groups is 1. The van der Waals surface area contributed by atoms with Gasteiger partial charge in [-0.2, -0.15) is 0 Å². The predicted molar refractivity (Wildman–Crippen MR) is 114 cm³/mol. The predicted octanol–water partition coefficient (Wildman–Crippen LogP) is 2.72. The monoisotopic (exact) mass is 458 g/mol. The molecule has 25 heavy (non-hydrogen) atoms. The molecule has 3 rings (SSSR count). The largest absolute Gasteiger partial charge is 0.494 e. The zero-order valence-electron chi connectivity index (χ0n) is 15.1. The number of nitrogens with zero attached hydrogens (tertiary/aromatic N) is 2. The summed E-state index contributed by atoms with van der Waals surface area (Å²) in [5.74, 6) is 2.59. The van der Waals surface area contributed by atoms with Crippen molar-refractivity contribution in [1.29, 1.82) is 0 Å². The van der Waals surface area contributed by atoms with Crippen LogP contribution in [0.3, 0.4) is 0 Å². The van der Waals surface area contributed by atoms with Crippen molar-refractivity contribution in [2.45, 2.75) is 31.7 Å². The Morgan fingerprint density at radius 1 is 1.20 bits per heavy atom. The summed E-state index contributed by atoms with van der Waals surface area (Å²) in [5, 5.41) is 6.84. The maximum absolute atomic E-state index is 5.70. The van der Waals surface area contributed by atoms with Crippen LogP contribution in [0.4, 0.5) is 0 Å². The lowest BCUT2D eigenvalue weighted by Gasteiger charge is -2.17. The first-order chi connectivity index (χ1) is 11.8. The average Bonchev–Trinajstić information content (AvgIpc) is 3.37. The van der Waals surface area contributed by atoms with E-state index >= 15 is 0 Å². The maximum Gasteiger partial charge on any atom is 0.190 e. The van der Waals surface area contributed by atoms with Crippen LogP contribution in [0.2, 0.25) is 0 Å². The van der Waals surface area contributed by atoms with Crippen molar-refractivity contribution in [1.82, 2.24) is 15.5 Å². The minimum atomic E-state index is 0. The SMILES string of the molecule is CN=C(NCCCOc1ccccc1)NCC1CCN(C2CC2)C1.I. The number of para-hydroxylation sites is 1.